The van der Waals surface area contributed by atoms with Crippen LogP contribution < -0.4 is 5.32 Å². The van der Waals surface area contributed by atoms with E-state index >= 15 is 0 Å². The van der Waals surface area contributed by atoms with E-state index in [1.54, 1.807) is 11.3 Å². The number of aromatic nitrogens is 2. The maximum absolute atomic E-state index is 4.09. The number of rotatable bonds is 5. The third-order valence-electron chi connectivity index (χ3n) is 1.36. The smallest absolute Gasteiger partial charge is 0.131 e. The molecule has 5 heteroatoms. The fourth-order valence-corrected chi connectivity index (χ4v) is 2.18. The number of hydrogen-bond donors (Lipinski definition) is 1. The summed E-state index contributed by atoms with van der Waals surface area (Å²) in [6.07, 6.45) is 3.15. The first-order valence-electron chi connectivity index (χ1n) is 3.81. The van der Waals surface area contributed by atoms with Crippen molar-refractivity contribution in [1.82, 2.24) is 15.5 Å². The molecule has 3 nitrogen and oxygen atoms in total. The van der Waals surface area contributed by atoms with E-state index in [1.807, 2.05) is 18.8 Å². The zero-order valence-electron chi connectivity index (χ0n) is 7.33. The summed E-state index contributed by atoms with van der Waals surface area (Å²) in [5.74, 6) is 1.13. The molecule has 0 saturated carbocycles. The molecular weight excluding hydrogens is 190 g/mol. The van der Waals surface area contributed by atoms with Crippen molar-refractivity contribution in [3.63, 3.8) is 0 Å². The Morgan fingerprint density at radius 2 is 2.17 bits per heavy atom. The van der Waals surface area contributed by atoms with Gasteiger partial charge in [-0.1, -0.05) is 0 Å². The lowest BCUT2D eigenvalue weighted by Gasteiger charge is -1.90. The highest BCUT2D eigenvalue weighted by molar-refractivity contribution is 7.98. The highest BCUT2D eigenvalue weighted by Crippen LogP contribution is 2.11. The molecule has 0 aromatic carbocycles. The molecule has 1 heterocycles. The van der Waals surface area contributed by atoms with Crippen LogP contribution in [0.15, 0.2) is 0 Å². The summed E-state index contributed by atoms with van der Waals surface area (Å²) in [5, 5.41) is 13.4. The lowest BCUT2D eigenvalue weighted by atomic mass is 10.5. The number of aryl methyl sites for hydroxylation is 1. The van der Waals surface area contributed by atoms with Gasteiger partial charge in [-0.05, 0) is 19.1 Å². The van der Waals surface area contributed by atoms with Crippen LogP contribution >= 0.6 is 23.1 Å². The second-order valence-electron chi connectivity index (χ2n) is 2.36. The number of hydrogen-bond acceptors (Lipinski definition) is 5. The minimum Gasteiger partial charge on any atom is -0.313 e. The third kappa shape index (κ3) is 3.08. The molecule has 0 amide bonds. The summed E-state index contributed by atoms with van der Waals surface area (Å²) in [7, 11) is 1.92. The van der Waals surface area contributed by atoms with Crippen molar-refractivity contribution in [1.29, 1.82) is 0 Å². The lowest BCUT2D eigenvalue weighted by molar-refractivity contribution is 0.791. The molecular formula is C7H13N3S2. The topological polar surface area (TPSA) is 37.8 Å². The molecule has 0 aliphatic carbocycles. The Bertz CT molecular complexity index is 224. The van der Waals surface area contributed by atoms with Crippen LogP contribution in [0.5, 0.6) is 0 Å². The van der Waals surface area contributed by atoms with Gasteiger partial charge >= 0.3 is 0 Å². The molecule has 0 saturated heterocycles. The van der Waals surface area contributed by atoms with E-state index in [1.165, 1.54) is 0 Å². The van der Waals surface area contributed by atoms with Crippen LogP contribution in [0.2, 0.25) is 0 Å². The van der Waals surface area contributed by atoms with Gasteiger partial charge in [0.25, 0.3) is 0 Å². The van der Waals surface area contributed by atoms with Crippen molar-refractivity contribution in [2.75, 3.05) is 19.1 Å². The molecule has 0 bridgehead atoms. The fraction of sp³-hybridized carbons (Fsp3) is 0.714. The average Bonchev–Trinajstić information content (AvgIpc) is 2.50. The van der Waals surface area contributed by atoms with Gasteiger partial charge in [0, 0.05) is 13.0 Å². The van der Waals surface area contributed by atoms with E-state index in [0.717, 1.165) is 28.7 Å². The predicted octanol–water partition coefficient (Wildman–Crippen LogP) is 1.16. The van der Waals surface area contributed by atoms with Gasteiger partial charge in [-0.15, -0.1) is 21.5 Å². The van der Waals surface area contributed by atoms with Crippen LogP contribution in [0.25, 0.3) is 0 Å². The van der Waals surface area contributed by atoms with Crippen LogP contribution in [0.3, 0.4) is 0 Å². The molecule has 1 aromatic rings. The maximum atomic E-state index is 4.09. The zero-order valence-corrected chi connectivity index (χ0v) is 8.97. The molecule has 0 unspecified atom stereocenters. The number of thioether (sulfide) groups is 1. The second kappa shape index (κ2) is 5.50. The average molecular weight is 203 g/mol. The molecule has 1 rings (SSSR count). The molecule has 0 radical (unpaired) electrons. The van der Waals surface area contributed by atoms with Crippen LogP contribution in [-0.2, 0) is 13.0 Å². The monoisotopic (exact) mass is 203 g/mol. The Morgan fingerprint density at radius 1 is 1.42 bits per heavy atom. The van der Waals surface area contributed by atoms with Gasteiger partial charge in [0.1, 0.15) is 10.0 Å². The van der Waals surface area contributed by atoms with Crippen molar-refractivity contribution >= 4 is 23.1 Å². The zero-order chi connectivity index (χ0) is 8.81. The Hall–Kier alpha value is -0.130. The SMILES string of the molecule is CNCc1nnc(CCSC)s1. The lowest BCUT2D eigenvalue weighted by Crippen LogP contribution is -2.04. The Kier molecular flexibility index (Phi) is 4.57. The largest absolute Gasteiger partial charge is 0.313 e. The van der Waals surface area contributed by atoms with Gasteiger partial charge in [-0.25, -0.2) is 0 Å². The van der Waals surface area contributed by atoms with Crippen LogP contribution in [-0.4, -0.2) is 29.3 Å². The first kappa shape index (κ1) is 9.95. The molecule has 12 heavy (non-hydrogen) atoms. The van der Waals surface area contributed by atoms with Crippen LogP contribution in [0, 0.1) is 0 Å². The van der Waals surface area contributed by atoms with E-state index in [-0.39, 0.29) is 0 Å². The quantitative estimate of drug-likeness (QED) is 0.779. The van der Waals surface area contributed by atoms with Crippen molar-refractivity contribution in [2.45, 2.75) is 13.0 Å². The van der Waals surface area contributed by atoms with E-state index < -0.39 is 0 Å². The van der Waals surface area contributed by atoms with E-state index in [0.29, 0.717) is 0 Å². The summed E-state index contributed by atoms with van der Waals surface area (Å²) in [4.78, 5) is 0. The Balaban J connectivity index is 2.41. The normalized spacial score (nSPS) is 10.5. The molecule has 1 aromatic heterocycles. The van der Waals surface area contributed by atoms with Gasteiger partial charge < -0.3 is 5.32 Å². The highest BCUT2D eigenvalue weighted by atomic mass is 32.2. The van der Waals surface area contributed by atoms with Crippen molar-refractivity contribution in [3.8, 4) is 0 Å². The van der Waals surface area contributed by atoms with Gasteiger partial charge in [-0.2, -0.15) is 11.8 Å². The fourth-order valence-electron chi connectivity index (χ4n) is 0.801. The van der Waals surface area contributed by atoms with Crippen LogP contribution in [0.4, 0.5) is 0 Å². The standard InChI is InChI=1S/C7H13N3S2/c1-8-5-7-10-9-6(12-7)3-4-11-2/h8H,3-5H2,1-2H3. The summed E-state index contributed by atoms with van der Waals surface area (Å²) in [5.41, 5.74) is 0. The molecule has 0 aliphatic rings. The molecule has 0 spiro atoms. The third-order valence-corrected chi connectivity index (χ3v) is 2.95. The maximum Gasteiger partial charge on any atom is 0.131 e. The molecule has 0 fully saturated rings. The van der Waals surface area contributed by atoms with Crippen molar-refractivity contribution < 1.29 is 0 Å². The summed E-state index contributed by atoms with van der Waals surface area (Å²) >= 11 is 3.54. The van der Waals surface area contributed by atoms with E-state index in [2.05, 4.69) is 21.8 Å². The highest BCUT2D eigenvalue weighted by Gasteiger charge is 2.01. The summed E-state index contributed by atoms with van der Waals surface area (Å²) in [6, 6.07) is 0. The number of nitrogens with one attached hydrogen (secondary N) is 1. The van der Waals surface area contributed by atoms with Crippen molar-refractivity contribution in [3.05, 3.63) is 10.0 Å². The molecule has 0 aliphatic heterocycles. The Morgan fingerprint density at radius 3 is 2.83 bits per heavy atom. The van der Waals surface area contributed by atoms with Gasteiger partial charge in [0.2, 0.25) is 0 Å². The van der Waals surface area contributed by atoms with E-state index in [9.17, 15) is 0 Å². The minimum absolute atomic E-state index is 0.830. The molecule has 68 valence electrons. The first-order valence-corrected chi connectivity index (χ1v) is 6.02. The van der Waals surface area contributed by atoms with Crippen LogP contribution in [0.1, 0.15) is 10.0 Å². The van der Waals surface area contributed by atoms with Gasteiger partial charge in [0.05, 0.1) is 0 Å². The van der Waals surface area contributed by atoms with Gasteiger partial charge in [-0.3, -0.25) is 0 Å². The number of nitrogens with zero attached hydrogens (tertiary/aromatic N) is 2. The Labute approximate surface area is 81.0 Å². The minimum atomic E-state index is 0.830. The predicted molar refractivity (Wildman–Crippen MR) is 54.8 cm³/mol. The first-order chi connectivity index (χ1) is 5.86. The van der Waals surface area contributed by atoms with E-state index in [4.69, 9.17) is 0 Å². The summed E-state index contributed by atoms with van der Waals surface area (Å²) < 4.78 is 0. The summed E-state index contributed by atoms with van der Waals surface area (Å²) in [6.45, 7) is 0.830. The van der Waals surface area contributed by atoms with Gasteiger partial charge in [0.15, 0.2) is 0 Å². The second-order valence-corrected chi connectivity index (χ2v) is 4.49. The van der Waals surface area contributed by atoms with Crippen molar-refractivity contribution in [2.24, 2.45) is 0 Å². The molecule has 0 atom stereocenters. The molecule has 1 N–H and O–H groups in total.